The number of likely N-dealkylation sites (tertiary alicyclic amines) is 1. The molecule has 0 saturated carbocycles. The lowest BCUT2D eigenvalue weighted by atomic mass is 10.1. The van der Waals surface area contributed by atoms with Crippen molar-refractivity contribution in [1.29, 1.82) is 0 Å². The minimum atomic E-state index is 0.250. The van der Waals surface area contributed by atoms with Crippen LogP contribution in [0.1, 0.15) is 24.1 Å². The molecule has 1 fully saturated rings. The molecule has 134 valence electrons. The van der Waals surface area contributed by atoms with Crippen molar-refractivity contribution >= 4 is 28.7 Å². The van der Waals surface area contributed by atoms with Crippen molar-refractivity contribution in [2.45, 2.75) is 31.7 Å². The van der Waals surface area contributed by atoms with Crippen LogP contribution >= 0.6 is 11.3 Å². The zero-order valence-corrected chi connectivity index (χ0v) is 15.8. The Morgan fingerprint density at radius 3 is 2.88 bits per heavy atom. The molecule has 1 aliphatic rings. The maximum absolute atomic E-state index is 12.5. The molecule has 0 radical (unpaired) electrons. The smallest absolute Gasteiger partial charge is 0.227 e. The molecule has 0 aromatic carbocycles. The Hall–Kier alpha value is -2.08. The van der Waals surface area contributed by atoms with Crippen molar-refractivity contribution in [3.05, 3.63) is 40.7 Å². The van der Waals surface area contributed by atoms with Crippen molar-refractivity contribution in [3.63, 3.8) is 0 Å². The average molecular weight is 359 g/mol. The molecule has 5 nitrogen and oxygen atoms in total. The number of anilines is 2. The van der Waals surface area contributed by atoms with Gasteiger partial charge in [0.2, 0.25) is 5.91 Å². The van der Waals surface area contributed by atoms with Gasteiger partial charge in [-0.1, -0.05) is 6.07 Å². The van der Waals surface area contributed by atoms with E-state index in [1.807, 2.05) is 53.7 Å². The molecule has 3 rings (SSSR count). The summed E-state index contributed by atoms with van der Waals surface area (Å²) in [6.07, 6.45) is 5.52. The standard InChI is InChI=1S/C19H26N4OS/c1-22(2)18-8-7-16(14-20-18)21-15-5-3-10-23(11-9-15)19(24)13-17-6-4-12-25-17/h4,6-8,12,14-15,21H,3,5,9-11,13H2,1-2H3/t15-/m0/s1. The monoisotopic (exact) mass is 358 g/mol. The third-order valence-corrected chi connectivity index (χ3v) is 5.44. The van der Waals surface area contributed by atoms with Gasteiger partial charge in [0.15, 0.2) is 0 Å². The second-order valence-corrected chi connectivity index (χ2v) is 7.74. The van der Waals surface area contributed by atoms with Gasteiger partial charge in [0, 0.05) is 38.1 Å². The SMILES string of the molecule is CN(C)c1ccc(N[C@H]2CCCN(C(=O)Cc3cccs3)CC2)cn1. The molecular formula is C19H26N4OS. The van der Waals surface area contributed by atoms with Crippen LogP contribution in [0.15, 0.2) is 35.8 Å². The van der Waals surface area contributed by atoms with Crippen molar-refractivity contribution in [2.24, 2.45) is 0 Å². The third kappa shape index (κ3) is 4.95. The first-order chi connectivity index (χ1) is 12.1. The van der Waals surface area contributed by atoms with Crippen LogP contribution in [0.4, 0.5) is 11.5 Å². The van der Waals surface area contributed by atoms with E-state index in [2.05, 4.69) is 16.4 Å². The molecule has 0 unspecified atom stereocenters. The van der Waals surface area contributed by atoms with Gasteiger partial charge in [-0.2, -0.15) is 0 Å². The number of hydrogen-bond acceptors (Lipinski definition) is 5. The molecule has 2 aromatic rings. The molecular weight excluding hydrogens is 332 g/mol. The van der Waals surface area contributed by atoms with Crippen LogP contribution in [-0.4, -0.2) is 49.0 Å². The first-order valence-electron chi connectivity index (χ1n) is 8.82. The van der Waals surface area contributed by atoms with Gasteiger partial charge in [-0.15, -0.1) is 11.3 Å². The normalized spacial score (nSPS) is 17.8. The van der Waals surface area contributed by atoms with Gasteiger partial charge in [0.25, 0.3) is 0 Å². The number of nitrogens with zero attached hydrogens (tertiary/aromatic N) is 3. The van der Waals surface area contributed by atoms with E-state index < -0.39 is 0 Å². The number of hydrogen-bond donors (Lipinski definition) is 1. The van der Waals surface area contributed by atoms with Crippen LogP contribution in [0.2, 0.25) is 0 Å². The van der Waals surface area contributed by atoms with E-state index in [0.29, 0.717) is 12.5 Å². The molecule has 0 aliphatic carbocycles. The van der Waals surface area contributed by atoms with Crippen molar-refractivity contribution < 1.29 is 4.79 Å². The minimum Gasteiger partial charge on any atom is -0.381 e. The fraction of sp³-hybridized carbons (Fsp3) is 0.474. The summed E-state index contributed by atoms with van der Waals surface area (Å²) in [6, 6.07) is 8.54. The molecule has 3 heterocycles. The lowest BCUT2D eigenvalue weighted by Gasteiger charge is -2.21. The summed E-state index contributed by atoms with van der Waals surface area (Å²) >= 11 is 1.66. The van der Waals surface area contributed by atoms with Gasteiger partial charge in [-0.3, -0.25) is 4.79 Å². The fourth-order valence-corrected chi connectivity index (χ4v) is 3.83. The van der Waals surface area contributed by atoms with Gasteiger partial charge in [0.05, 0.1) is 18.3 Å². The highest BCUT2D eigenvalue weighted by Gasteiger charge is 2.21. The van der Waals surface area contributed by atoms with Crippen LogP contribution in [0.5, 0.6) is 0 Å². The van der Waals surface area contributed by atoms with Gasteiger partial charge >= 0.3 is 0 Å². The van der Waals surface area contributed by atoms with Crippen LogP contribution in [-0.2, 0) is 11.2 Å². The number of carbonyl (C=O) groups is 1. The Kier molecular flexibility index (Phi) is 5.91. The fourth-order valence-electron chi connectivity index (χ4n) is 3.14. The van der Waals surface area contributed by atoms with Gasteiger partial charge < -0.3 is 15.1 Å². The Bertz CT molecular complexity index is 669. The van der Waals surface area contributed by atoms with E-state index in [9.17, 15) is 4.79 Å². The topological polar surface area (TPSA) is 48.5 Å². The van der Waals surface area contributed by atoms with E-state index in [0.717, 1.165) is 48.7 Å². The molecule has 1 N–H and O–H groups in total. The van der Waals surface area contributed by atoms with Gasteiger partial charge in [-0.05, 0) is 42.8 Å². The minimum absolute atomic E-state index is 0.250. The highest BCUT2D eigenvalue weighted by atomic mass is 32.1. The van der Waals surface area contributed by atoms with E-state index in [4.69, 9.17) is 0 Å². The Morgan fingerprint density at radius 2 is 2.20 bits per heavy atom. The number of carbonyl (C=O) groups excluding carboxylic acids is 1. The summed E-state index contributed by atoms with van der Waals surface area (Å²) < 4.78 is 0. The summed E-state index contributed by atoms with van der Waals surface area (Å²) in [5, 5.41) is 5.60. The lowest BCUT2D eigenvalue weighted by Crippen LogP contribution is -2.33. The number of pyridine rings is 1. The maximum Gasteiger partial charge on any atom is 0.227 e. The second kappa shape index (κ2) is 8.34. The van der Waals surface area contributed by atoms with Gasteiger partial charge in [-0.25, -0.2) is 4.98 Å². The van der Waals surface area contributed by atoms with Crippen molar-refractivity contribution in [3.8, 4) is 0 Å². The zero-order valence-electron chi connectivity index (χ0n) is 14.9. The number of thiophene rings is 1. The highest BCUT2D eigenvalue weighted by Crippen LogP contribution is 2.19. The maximum atomic E-state index is 12.5. The summed E-state index contributed by atoms with van der Waals surface area (Å²) in [6.45, 7) is 1.69. The highest BCUT2D eigenvalue weighted by molar-refractivity contribution is 7.10. The first-order valence-corrected chi connectivity index (χ1v) is 9.70. The largest absolute Gasteiger partial charge is 0.381 e. The third-order valence-electron chi connectivity index (χ3n) is 4.56. The second-order valence-electron chi connectivity index (χ2n) is 6.71. The van der Waals surface area contributed by atoms with Crippen molar-refractivity contribution in [1.82, 2.24) is 9.88 Å². The Balaban J connectivity index is 1.51. The predicted molar refractivity (Wildman–Crippen MR) is 104 cm³/mol. The van der Waals surface area contributed by atoms with Crippen LogP contribution < -0.4 is 10.2 Å². The number of nitrogens with one attached hydrogen (secondary N) is 1. The van der Waals surface area contributed by atoms with Crippen molar-refractivity contribution in [2.75, 3.05) is 37.4 Å². The molecule has 1 aliphatic heterocycles. The van der Waals surface area contributed by atoms with Gasteiger partial charge in [0.1, 0.15) is 5.82 Å². The molecule has 1 amide bonds. The molecule has 2 aromatic heterocycles. The summed E-state index contributed by atoms with van der Waals surface area (Å²) in [5.41, 5.74) is 1.05. The number of aromatic nitrogens is 1. The Morgan fingerprint density at radius 1 is 1.32 bits per heavy atom. The average Bonchev–Trinajstić information content (AvgIpc) is 2.99. The lowest BCUT2D eigenvalue weighted by molar-refractivity contribution is -0.130. The van der Waals surface area contributed by atoms with Crippen LogP contribution in [0.25, 0.3) is 0 Å². The van der Waals surface area contributed by atoms with Crippen LogP contribution in [0.3, 0.4) is 0 Å². The van der Waals surface area contributed by atoms with E-state index >= 15 is 0 Å². The molecule has 1 atom stereocenters. The van der Waals surface area contributed by atoms with E-state index in [1.165, 1.54) is 0 Å². The van der Waals surface area contributed by atoms with Crippen LogP contribution in [0, 0.1) is 0 Å². The molecule has 25 heavy (non-hydrogen) atoms. The summed E-state index contributed by atoms with van der Waals surface area (Å²) in [5.74, 6) is 1.21. The zero-order chi connectivity index (χ0) is 17.6. The van der Waals surface area contributed by atoms with E-state index in [-0.39, 0.29) is 5.91 Å². The summed E-state index contributed by atoms with van der Waals surface area (Å²) in [7, 11) is 3.98. The van der Waals surface area contributed by atoms with E-state index in [1.54, 1.807) is 11.3 Å². The Labute approximate surface area is 153 Å². The number of amides is 1. The molecule has 0 bridgehead atoms. The molecule has 0 spiro atoms. The quantitative estimate of drug-likeness (QED) is 0.891. The number of rotatable bonds is 5. The first kappa shape index (κ1) is 17.7. The molecule has 6 heteroatoms. The molecule has 1 saturated heterocycles. The summed E-state index contributed by atoms with van der Waals surface area (Å²) in [4.78, 5) is 22.1. The predicted octanol–water partition coefficient (Wildman–Crippen LogP) is 3.24.